The van der Waals surface area contributed by atoms with Crippen LogP contribution in [0.3, 0.4) is 0 Å². The number of nitrogens with zero attached hydrogens (tertiary/aromatic N) is 4. The van der Waals surface area contributed by atoms with Gasteiger partial charge in [0.25, 0.3) is 0 Å². The third-order valence-electron chi connectivity index (χ3n) is 2.37. The van der Waals surface area contributed by atoms with E-state index < -0.39 is 5.92 Å². The van der Waals surface area contributed by atoms with E-state index in [4.69, 9.17) is 11.6 Å². The zero-order valence-electron chi connectivity index (χ0n) is 9.13. The molecule has 1 atom stereocenters. The molecule has 0 radical (unpaired) electrons. The van der Waals surface area contributed by atoms with Gasteiger partial charge in [0.2, 0.25) is 5.28 Å². The van der Waals surface area contributed by atoms with E-state index in [9.17, 15) is 5.26 Å². The molecule has 0 saturated carbocycles. The standard InChI is InChI=1S/C12H9ClN4/c1-8-7-16-12(13)17-11(8)9(6-14)10-4-2-3-5-15-10/h2-5,7,9H,1H3. The van der Waals surface area contributed by atoms with Crippen molar-refractivity contribution in [1.29, 1.82) is 5.26 Å². The summed E-state index contributed by atoms with van der Waals surface area (Å²) in [5.74, 6) is -0.517. The maximum Gasteiger partial charge on any atom is 0.222 e. The van der Waals surface area contributed by atoms with Gasteiger partial charge in [0.05, 0.1) is 17.5 Å². The first-order valence-corrected chi connectivity index (χ1v) is 5.39. The topological polar surface area (TPSA) is 62.5 Å². The van der Waals surface area contributed by atoms with Crippen LogP contribution in [0.25, 0.3) is 0 Å². The first kappa shape index (κ1) is 11.5. The molecule has 0 aliphatic heterocycles. The third kappa shape index (κ3) is 2.40. The molecule has 0 amide bonds. The van der Waals surface area contributed by atoms with Crippen molar-refractivity contribution in [1.82, 2.24) is 15.0 Å². The van der Waals surface area contributed by atoms with E-state index in [2.05, 4.69) is 21.0 Å². The van der Waals surface area contributed by atoms with E-state index in [-0.39, 0.29) is 5.28 Å². The van der Waals surface area contributed by atoms with Gasteiger partial charge < -0.3 is 0 Å². The van der Waals surface area contributed by atoms with Gasteiger partial charge in [-0.3, -0.25) is 4.98 Å². The average molecular weight is 245 g/mol. The molecule has 2 aromatic heterocycles. The van der Waals surface area contributed by atoms with Crippen LogP contribution >= 0.6 is 11.6 Å². The lowest BCUT2D eigenvalue weighted by Gasteiger charge is -2.10. The Bertz CT molecular complexity index is 562. The highest BCUT2D eigenvalue weighted by atomic mass is 35.5. The first-order valence-electron chi connectivity index (χ1n) is 5.02. The van der Waals surface area contributed by atoms with Crippen LogP contribution in [0.2, 0.25) is 5.28 Å². The van der Waals surface area contributed by atoms with Crippen molar-refractivity contribution >= 4 is 11.6 Å². The lowest BCUT2D eigenvalue weighted by Crippen LogP contribution is -2.06. The quantitative estimate of drug-likeness (QED) is 0.762. The van der Waals surface area contributed by atoms with Gasteiger partial charge in [-0.1, -0.05) is 6.07 Å². The van der Waals surface area contributed by atoms with E-state index >= 15 is 0 Å². The number of nitriles is 1. The average Bonchev–Trinajstić information content (AvgIpc) is 2.36. The van der Waals surface area contributed by atoms with Gasteiger partial charge in [-0.25, -0.2) is 9.97 Å². The van der Waals surface area contributed by atoms with Gasteiger partial charge in [0.1, 0.15) is 5.92 Å². The van der Waals surface area contributed by atoms with E-state index in [0.717, 1.165) is 5.56 Å². The van der Waals surface area contributed by atoms with Crippen LogP contribution in [0.1, 0.15) is 22.9 Å². The lowest BCUT2D eigenvalue weighted by molar-refractivity contribution is 0.886. The fraction of sp³-hybridized carbons (Fsp3) is 0.167. The Labute approximate surface area is 104 Å². The molecule has 1 unspecified atom stereocenters. The summed E-state index contributed by atoms with van der Waals surface area (Å²) in [6, 6.07) is 7.63. The van der Waals surface area contributed by atoms with Crippen LogP contribution in [0.4, 0.5) is 0 Å². The third-order valence-corrected chi connectivity index (χ3v) is 2.55. The molecular formula is C12H9ClN4. The zero-order chi connectivity index (χ0) is 12.3. The Morgan fingerprint density at radius 3 is 2.82 bits per heavy atom. The van der Waals surface area contributed by atoms with Crippen LogP contribution < -0.4 is 0 Å². The van der Waals surface area contributed by atoms with Crippen molar-refractivity contribution in [3.8, 4) is 6.07 Å². The summed E-state index contributed by atoms with van der Waals surface area (Å²) in [5.41, 5.74) is 2.09. The Morgan fingerprint density at radius 1 is 1.35 bits per heavy atom. The van der Waals surface area contributed by atoms with Crippen LogP contribution in [0, 0.1) is 18.3 Å². The number of rotatable bonds is 2. The number of halogens is 1. The predicted octanol–water partition coefficient (Wildman–Crippen LogP) is 2.49. The normalized spacial score (nSPS) is 11.8. The highest BCUT2D eigenvalue weighted by Crippen LogP contribution is 2.23. The molecule has 4 nitrogen and oxygen atoms in total. The lowest BCUT2D eigenvalue weighted by atomic mass is 9.99. The molecule has 0 spiro atoms. The minimum atomic E-state index is -0.517. The monoisotopic (exact) mass is 244 g/mol. The van der Waals surface area contributed by atoms with Crippen LogP contribution in [-0.4, -0.2) is 15.0 Å². The number of aryl methyl sites for hydroxylation is 1. The zero-order valence-corrected chi connectivity index (χ0v) is 9.89. The van der Waals surface area contributed by atoms with Gasteiger partial charge >= 0.3 is 0 Å². The largest absolute Gasteiger partial charge is 0.259 e. The number of hydrogen-bond acceptors (Lipinski definition) is 4. The van der Waals surface area contributed by atoms with Gasteiger partial charge in [-0.05, 0) is 36.2 Å². The molecule has 5 heteroatoms. The Kier molecular flexibility index (Phi) is 3.31. The van der Waals surface area contributed by atoms with Crippen LogP contribution in [-0.2, 0) is 0 Å². The van der Waals surface area contributed by atoms with E-state index in [0.29, 0.717) is 11.4 Å². The second kappa shape index (κ2) is 4.89. The minimum Gasteiger partial charge on any atom is -0.259 e. The highest BCUT2D eigenvalue weighted by molar-refractivity contribution is 6.28. The summed E-state index contributed by atoms with van der Waals surface area (Å²) in [4.78, 5) is 12.2. The maximum atomic E-state index is 9.25. The van der Waals surface area contributed by atoms with Gasteiger partial charge in [0, 0.05) is 12.4 Å². The van der Waals surface area contributed by atoms with Crippen molar-refractivity contribution in [2.75, 3.05) is 0 Å². The smallest absolute Gasteiger partial charge is 0.222 e. The summed E-state index contributed by atoms with van der Waals surface area (Å²) < 4.78 is 0. The molecule has 2 aromatic rings. The second-order valence-corrected chi connectivity index (χ2v) is 3.86. The molecule has 0 aliphatic carbocycles. The number of aromatic nitrogens is 3. The maximum absolute atomic E-state index is 9.25. The van der Waals surface area contributed by atoms with E-state index in [1.165, 1.54) is 0 Å². The van der Waals surface area contributed by atoms with Gasteiger partial charge in [0.15, 0.2) is 0 Å². The van der Waals surface area contributed by atoms with Crippen molar-refractivity contribution in [3.05, 3.63) is 52.8 Å². The summed E-state index contributed by atoms with van der Waals surface area (Å²) >= 11 is 5.75. The second-order valence-electron chi connectivity index (χ2n) is 3.52. The van der Waals surface area contributed by atoms with Crippen molar-refractivity contribution < 1.29 is 0 Å². The first-order chi connectivity index (χ1) is 8.22. The van der Waals surface area contributed by atoms with Gasteiger partial charge in [-0.2, -0.15) is 5.26 Å². The summed E-state index contributed by atoms with van der Waals surface area (Å²) in [7, 11) is 0. The van der Waals surface area contributed by atoms with E-state index in [1.807, 2.05) is 13.0 Å². The molecule has 17 heavy (non-hydrogen) atoms. The Morgan fingerprint density at radius 2 is 2.18 bits per heavy atom. The fourth-order valence-electron chi connectivity index (χ4n) is 1.54. The highest BCUT2D eigenvalue weighted by Gasteiger charge is 2.19. The van der Waals surface area contributed by atoms with Crippen molar-refractivity contribution in [3.63, 3.8) is 0 Å². The molecule has 2 heterocycles. The number of pyridine rings is 1. The molecule has 0 saturated heterocycles. The minimum absolute atomic E-state index is 0.141. The Hall–Kier alpha value is -1.99. The van der Waals surface area contributed by atoms with Gasteiger partial charge in [-0.15, -0.1) is 0 Å². The molecule has 0 fully saturated rings. The fourth-order valence-corrected chi connectivity index (χ4v) is 1.68. The van der Waals surface area contributed by atoms with E-state index in [1.54, 1.807) is 24.5 Å². The molecule has 84 valence electrons. The molecular weight excluding hydrogens is 236 g/mol. The molecule has 0 aliphatic rings. The SMILES string of the molecule is Cc1cnc(Cl)nc1C(C#N)c1ccccn1. The van der Waals surface area contributed by atoms with Crippen LogP contribution in [0.15, 0.2) is 30.6 Å². The summed E-state index contributed by atoms with van der Waals surface area (Å²) in [6.45, 7) is 1.85. The van der Waals surface area contributed by atoms with Crippen LogP contribution in [0.5, 0.6) is 0 Å². The predicted molar refractivity (Wildman–Crippen MR) is 63.5 cm³/mol. The van der Waals surface area contributed by atoms with Crippen molar-refractivity contribution in [2.45, 2.75) is 12.8 Å². The van der Waals surface area contributed by atoms with Crippen molar-refractivity contribution in [2.24, 2.45) is 0 Å². The molecule has 2 rings (SSSR count). The number of hydrogen-bond donors (Lipinski definition) is 0. The summed E-state index contributed by atoms with van der Waals surface area (Å²) in [6.07, 6.45) is 3.26. The molecule has 0 N–H and O–H groups in total. The Balaban J connectivity index is 2.51. The summed E-state index contributed by atoms with van der Waals surface area (Å²) in [5, 5.41) is 9.40. The molecule has 0 aromatic carbocycles. The molecule has 0 bridgehead atoms.